The maximum absolute atomic E-state index is 11.5. The van der Waals surface area contributed by atoms with E-state index < -0.39 is 0 Å². The Hall–Kier alpha value is -0.970. The highest BCUT2D eigenvalue weighted by Gasteiger charge is 2.13. The van der Waals surface area contributed by atoms with Crippen LogP contribution >= 0.6 is 11.6 Å². The molecule has 0 aliphatic carbocycles. The van der Waals surface area contributed by atoms with Gasteiger partial charge in [-0.15, -0.1) is 0 Å². The fraction of sp³-hybridized carbons (Fsp3) is 0.417. The van der Waals surface area contributed by atoms with Gasteiger partial charge in [-0.3, -0.25) is 0 Å². The van der Waals surface area contributed by atoms with E-state index in [9.17, 15) is 4.79 Å². The van der Waals surface area contributed by atoms with Gasteiger partial charge in [0.2, 0.25) is 0 Å². The molecular weight excluding hydrogens is 275 g/mol. The minimum absolute atomic E-state index is 0. The second-order valence-corrected chi connectivity index (χ2v) is 4.83. The molecule has 0 atom stereocenters. The summed E-state index contributed by atoms with van der Waals surface area (Å²) in [5.74, 6) is 0.564. The molecule has 0 unspecified atom stereocenters. The van der Waals surface area contributed by atoms with Crippen molar-refractivity contribution in [3.8, 4) is 5.75 Å². The summed E-state index contributed by atoms with van der Waals surface area (Å²) in [7, 11) is 7.35. The molecule has 0 fully saturated rings. The summed E-state index contributed by atoms with van der Waals surface area (Å²) in [6, 6.07) is 5.27. The number of halogens is 2. The fourth-order valence-electron chi connectivity index (χ4n) is 1.35. The van der Waals surface area contributed by atoms with Crippen molar-refractivity contribution in [1.82, 2.24) is 4.90 Å². The first kappa shape index (κ1) is 17.0. The lowest BCUT2D eigenvalue weighted by Crippen LogP contribution is -3.04. The van der Waals surface area contributed by atoms with Crippen molar-refractivity contribution in [3.05, 3.63) is 28.8 Å². The van der Waals surface area contributed by atoms with Crippen LogP contribution in [0, 0.1) is 0 Å². The Labute approximate surface area is 119 Å². The molecular formula is C12H18Cl2N2O2. The molecule has 4 nitrogen and oxygen atoms in total. The van der Waals surface area contributed by atoms with Crippen molar-refractivity contribution in [1.29, 1.82) is 0 Å². The van der Waals surface area contributed by atoms with Gasteiger partial charge in [-0.2, -0.15) is 0 Å². The minimum Gasteiger partial charge on any atom is -1.00 e. The van der Waals surface area contributed by atoms with Crippen molar-refractivity contribution < 1.29 is 26.8 Å². The van der Waals surface area contributed by atoms with E-state index >= 15 is 0 Å². The second-order valence-electron chi connectivity index (χ2n) is 4.40. The van der Waals surface area contributed by atoms with Crippen LogP contribution in [0.1, 0.15) is 5.56 Å². The van der Waals surface area contributed by atoms with Crippen LogP contribution in [0.15, 0.2) is 18.2 Å². The first-order valence-corrected chi connectivity index (χ1v) is 5.74. The van der Waals surface area contributed by atoms with Crippen molar-refractivity contribution >= 4 is 17.7 Å². The highest BCUT2D eigenvalue weighted by molar-refractivity contribution is 6.30. The monoisotopic (exact) mass is 292 g/mol. The van der Waals surface area contributed by atoms with Gasteiger partial charge in [0.1, 0.15) is 12.3 Å². The van der Waals surface area contributed by atoms with Crippen LogP contribution in [-0.4, -0.2) is 39.2 Å². The standard InChI is InChI=1S/C12H17ClN2O2.ClH/c1-14(2)8-9-7-10(13)5-6-11(9)17-12(16)15(3)4;/h5-7H,8H2,1-4H3;1H. The summed E-state index contributed by atoms with van der Waals surface area (Å²) in [6.45, 7) is 0.747. The third kappa shape index (κ3) is 5.12. The van der Waals surface area contributed by atoms with Gasteiger partial charge in [-0.05, 0) is 18.2 Å². The lowest BCUT2D eigenvalue weighted by Gasteiger charge is -2.15. The molecule has 102 valence electrons. The van der Waals surface area contributed by atoms with Crippen molar-refractivity contribution in [3.63, 3.8) is 0 Å². The van der Waals surface area contributed by atoms with Crippen molar-refractivity contribution in [2.75, 3.05) is 28.2 Å². The van der Waals surface area contributed by atoms with Gasteiger partial charge in [0.25, 0.3) is 0 Å². The molecule has 0 heterocycles. The topological polar surface area (TPSA) is 34.0 Å². The van der Waals surface area contributed by atoms with Gasteiger partial charge >= 0.3 is 6.09 Å². The Morgan fingerprint density at radius 3 is 2.50 bits per heavy atom. The van der Waals surface area contributed by atoms with E-state index in [4.69, 9.17) is 16.3 Å². The summed E-state index contributed by atoms with van der Waals surface area (Å²) in [5, 5.41) is 0.644. The Bertz CT molecular complexity index is 409. The van der Waals surface area contributed by atoms with Gasteiger partial charge in [-0.25, -0.2) is 4.79 Å². The van der Waals surface area contributed by atoms with Crippen LogP contribution < -0.4 is 22.0 Å². The van der Waals surface area contributed by atoms with Gasteiger partial charge < -0.3 is 26.9 Å². The molecule has 0 aliphatic heterocycles. The van der Waals surface area contributed by atoms with E-state index in [0.29, 0.717) is 10.8 Å². The molecule has 0 saturated heterocycles. The van der Waals surface area contributed by atoms with E-state index in [2.05, 4.69) is 0 Å². The molecule has 1 aromatic carbocycles. The summed E-state index contributed by atoms with van der Waals surface area (Å²) in [4.78, 5) is 14.1. The van der Waals surface area contributed by atoms with Gasteiger partial charge in [-0.1, -0.05) is 11.6 Å². The van der Waals surface area contributed by atoms with E-state index in [1.165, 1.54) is 9.80 Å². The molecule has 0 bridgehead atoms. The number of benzene rings is 1. The number of hydrogen-bond acceptors (Lipinski definition) is 2. The Kier molecular flexibility index (Phi) is 7.06. The average Bonchev–Trinajstić information content (AvgIpc) is 2.20. The summed E-state index contributed by atoms with van der Waals surface area (Å²) in [5.41, 5.74) is 0.924. The van der Waals surface area contributed by atoms with Crippen LogP contribution in [-0.2, 0) is 6.54 Å². The number of hydrogen-bond donors (Lipinski definition) is 1. The van der Waals surface area contributed by atoms with Crippen LogP contribution in [0.4, 0.5) is 4.79 Å². The predicted octanol–water partition coefficient (Wildman–Crippen LogP) is -1.95. The lowest BCUT2D eigenvalue weighted by molar-refractivity contribution is -0.872. The van der Waals surface area contributed by atoms with Crippen molar-refractivity contribution in [2.45, 2.75) is 6.54 Å². The summed E-state index contributed by atoms with van der Waals surface area (Å²) in [6.07, 6.45) is -0.387. The number of quaternary nitrogens is 1. The number of nitrogens with one attached hydrogen (secondary N) is 1. The van der Waals surface area contributed by atoms with Crippen molar-refractivity contribution in [2.24, 2.45) is 0 Å². The Morgan fingerprint density at radius 1 is 1.39 bits per heavy atom. The Morgan fingerprint density at radius 2 is 2.00 bits per heavy atom. The number of nitrogens with zero attached hydrogens (tertiary/aromatic N) is 1. The highest BCUT2D eigenvalue weighted by atomic mass is 35.5. The average molecular weight is 293 g/mol. The van der Waals surface area contributed by atoms with Crippen LogP contribution in [0.2, 0.25) is 5.02 Å². The zero-order valence-electron chi connectivity index (χ0n) is 11.0. The highest BCUT2D eigenvalue weighted by Crippen LogP contribution is 2.22. The van der Waals surface area contributed by atoms with E-state index in [1.807, 2.05) is 20.2 Å². The molecule has 0 saturated carbocycles. The first-order valence-electron chi connectivity index (χ1n) is 5.36. The van der Waals surface area contributed by atoms with E-state index in [1.54, 1.807) is 26.2 Å². The maximum atomic E-state index is 11.5. The minimum atomic E-state index is -0.387. The van der Waals surface area contributed by atoms with Gasteiger partial charge in [0.15, 0.2) is 0 Å². The molecule has 0 spiro atoms. The normalized spacial score (nSPS) is 9.89. The SMILES string of the molecule is CN(C)C(=O)Oc1ccc(Cl)cc1C[NH+](C)C.[Cl-]. The Balaban J connectivity index is 0.00000289. The van der Waals surface area contributed by atoms with Gasteiger partial charge in [0, 0.05) is 19.1 Å². The largest absolute Gasteiger partial charge is 1.00 e. The molecule has 1 amide bonds. The molecule has 1 N–H and O–H groups in total. The number of amides is 1. The summed E-state index contributed by atoms with van der Waals surface area (Å²) >= 11 is 5.94. The van der Waals surface area contributed by atoms with Crippen LogP contribution in [0.5, 0.6) is 5.75 Å². The van der Waals surface area contributed by atoms with Gasteiger partial charge in [0.05, 0.1) is 19.7 Å². The maximum Gasteiger partial charge on any atom is 0.414 e. The summed E-state index contributed by atoms with van der Waals surface area (Å²) < 4.78 is 5.28. The molecule has 0 radical (unpaired) electrons. The zero-order chi connectivity index (χ0) is 13.0. The van der Waals surface area contributed by atoms with E-state index in [0.717, 1.165) is 12.1 Å². The number of rotatable bonds is 3. The molecule has 0 aromatic heterocycles. The smallest absolute Gasteiger partial charge is 0.414 e. The molecule has 1 rings (SSSR count). The molecule has 0 aliphatic rings. The fourth-order valence-corrected chi connectivity index (χ4v) is 1.55. The van der Waals surface area contributed by atoms with E-state index in [-0.39, 0.29) is 18.5 Å². The van der Waals surface area contributed by atoms with Crippen LogP contribution in [0.25, 0.3) is 0 Å². The number of ether oxygens (including phenoxy) is 1. The molecule has 1 aromatic rings. The second kappa shape index (κ2) is 7.46. The number of carbonyl (C=O) groups excluding carboxylic acids is 1. The lowest BCUT2D eigenvalue weighted by atomic mass is 10.2. The third-order valence-electron chi connectivity index (χ3n) is 2.13. The first-order chi connectivity index (χ1) is 7.90. The predicted molar refractivity (Wildman–Crippen MR) is 67.7 cm³/mol. The van der Waals surface area contributed by atoms with Crippen LogP contribution in [0.3, 0.4) is 0 Å². The zero-order valence-corrected chi connectivity index (χ0v) is 12.5. The number of carbonyl (C=O) groups is 1. The third-order valence-corrected chi connectivity index (χ3v) is 2.36. The molecule has 18 heavy (non-hydrogen) atoms. The molecule has 6 heteroatoms. The quantitative estimate of drug-likeness (QED) is 0.703.